The Hall–Kier alpha value is -3.45. The van der Waals surface area contributed by atoms with E-state index < -0.39 is 12.0 Å². The zero-order chi connectivity index (χ0) is 19.2. The molecule has 1 atom stereocenters. The smallest absolute Gasteiger partial charge is 0.267 e. The number of hydrogen-bond donors (Lipinski definition) is 2. The highest BCUT2D eigenvalue weighted by Crippen LogP contribution is 2.22. The van der Waals surface area contributed by atoms with Crippen LogP contribution in [-0.2, 0) is 16.1 Å². The number of amides is 2. The van der Waals surface area contributed by atoms with Gasteiger partial charge in [-0.3, -0.25) is 15.0 Å². The first-order valence-corrected chi connectivity index (χ1v) is 8.44. The number of rotatable bonds is 7. The summed E-state index contributed by atoms with van der Waals surface area (Å²) >= 11 is 0. The molecule has 138 valence electrons. The Morgan fingerprint density at radius 3 is 2.59 bits per heavy atom. The number of ether oxygens (including phenoxy) is 1. The molecule has 2 aromatic carbocycles. The second-order valence-electron chi connectivity index (χ2n) is 5.97. The van der Waals surface area contributed by atoms with Crippen molar-refractivity contribution in [1.82, 2.24) is 9.66 Å². The Kier molecular flexibility index (Phi) is 5.63. The molecule has 0 saturated carbocycles. The summed E-state index contributed by atoms with van der Waals surface area (Å²) in [7, 11) is 0. The van der Waals surface area contributed by atoms with Gasteiger partial charge in [0.05, 0.1) is 18.5 Å². The van der Waals surface area contributed by atoms with Crippen molar-refractivity contribution in [3.05, 3.63) is 78.2 Å². The fourth-order valence-corrected chi connectivity index (χ4v) is 2.59. The van der Waals surface area contributed by atoms with Gasteiger partial charge in [0.15, 0.2) is 0 Å². The number of benzene rings is 2. The molecule has 0 bridgehead atoms. The quantitative estimate of drug-likeness (QED) is 0.672. The van der Waals surface area contributed by atoms with Crippen LogP contribution in [0.5, 0.6) is 0 Å². The Morgan fingerprint density at radius 2 is 1.85 bits per heavy atom. The predicted molar refractivity (Wildman–Crippen MR) is 101 cm³/mol. The van der Waals surface area contributed by atoms with Gasteiger partial charge in [0.25, 0.3) is 5.91 Å². The third kappa shape index (κ3) is 4.39. The molecule has 0 aliphatic rings. The molecule has 3 aromatic rings. The van der Waals surface area contributed by atoms with Crippen LogP contribution in [0, 0.1) is 0 Å². The van der Waals surface area contributed by atoms with Gasteiger partial charge in [-0.1, -0.05) is 48.5 Å². The standard InChI is InChI=1S/C20H20N4O3/c1-14(27-12-15-7-3-2-4-8-15)20(26)23-24-13-22-11-18(24)16-9-5-6-10-17(16)19(21)25/h2-11,13-14H,12H2,1H3,(H2,21,25)(H,23,26). The maximum Gasteiger partial charge on any atom is 0.267 e. The van der Waals surface area contributed by atoms with Crippen molar-refractivity contribution in [2.75, 3.05) is 5.43 Å². The SMILES string of the molecule is CC(OCc1ccccc1)C(=O)Nn1cncc1-c1ccccc1C(N)=O. The molecular weight excluding hydrogens is 344 g/mol. The van der Waals surface area contributed by atoms with Gasteiger partial charge in [-0.05, 0) is 18.6 Å². The molecule has 0 radical (unpaired) electrons. The van der Waals surface area contributed by atoms with Gasteiger partial charge >= 0.3 is 0 Å². The van der Waals surface area contributed by atoms with E-state index in [0.29, 0.717) is 23.4 Å². The average molecular weight is 364 g/mol. The monoisotopic (exact) mass is 364 g/mol. The molecule has 3 N–H and O–H groups in total. The van der Waals surface area contributed by atoms with Gasteiger partial charge in [-0.25, -0.2) is 9.66 Å². The van der Waals surface area contributed by atoms with Crippen molar-refractivity contribution in [1.29, 1.82) is 0 Å². The Bertz CT molecular complexity index is 937. The normalized spacial score (nSPS) is 11.7. The average Bonchev–Trinajstić information content (AvgIpc) is 3.14. The van der Waals surface area contributed by atoms with Crippen LogP contribution in [0.25, 0.3) is 11.3 Å². The minimum Gasteiger partial charge on any atom is -0.366 e. The molecule has 0 aliphatic heterocycles. The van der Waals surface area contributed by atoms with Crippen molar-refractivity contribution in [3.63, 3.8) is 0 Å². The van der Waals surface area contributed by atoms with E-state index in [4.69, 9.17) is 10.5 Å². The van der Waals surface area contributed by atoms with Crippen LogP contribution >= 0.6 is 0 Å². The van der Waals surface area contributed by atoms with Crippen molar-refractivity contribution in [2.45, 2.75) is 19.6 Å². The molecular formula is C20H20N4O3. The highest BCUT2D eigenvalue weighted by molar-refractivity contribution is 5.99. The lowest BCUT2D eigenvalue weighted by Crippen LogP contribution is -2.33. The van der Waals surface area contributed by atoms with Crippen molar-refractivity contribution in [2.24, 2.45) is 5.73 Å². The zero-order valence-corrected chi connectivity index (χ0v) is 14.8. The van der Waals surface area contributed by atoms with Gasteiger partial charge < -0.3 is 10.5 Å². The minimum absolute atomic E-state index is 0.330. The van der Waals surface area contributed by atoms with Gasteiger partial charge in [-0.15, -0.1) is 0 Å². The van der Waals surface area contributed by atoms with E-state index in [2.05, 4.69) is 10.4 Å². The second-order valence-corrected chi connectivity index (χ2v) is 5.97. The zero-order valence-electron chi connectivity index (χ0n) is 14.8. The molecule has 0 saturated heterocycles. The predicted octanol–water partition coefficient (Wildman–Crippen LogP) is 2.32. The van der Waals surface area contributed by atoms with Crippen molar-refractivity contribution < 1.29 is 14.3 Å². The Morgan fingerprint density at radius 1 is 1.15 bits per heavy atom. The van der Waals surface area contributed by atoms with E-state index in [1.54, 1.807) is 37.4 Å². The summed E-state index contributed by atoms with van der Waals surface area (Å²) in [6.07, 6.45) is 2.33. The third-order valence-electron chi connectivity index (χ3n) is 4.05. The number of primary amides is 1. The molecule has 1 unspecified atom stereocenters. The van der Waals surface area contributed by atoms with Gasteiger partial charge in [0, 0.05) is 11.1 Å². The molecule has 1 heterocycles. The summed E-state index contributed by atoms with van der Waals surface area (Å²) in [6, 6.07) is 16.5. The highest BCUT2D eigenvalue weighted by Gasteiger charge is 2.18. The van der Waals surface area contributed by atoms with Gasteiger partial charge in [0.2, 0.25) is 5.91 Å². The molecule has 7 heteroatoms. The maximum absolute atomic E-state index is 12.5. The number of nitrogens with zero attached hydrogens (tertiary/aromatic N) is 2. The van der Waals surface area contributed by atoms with Crippen LogP contribution in [0.3, 0.4) is 0 Å². The highest BCUT2D eigenvalue weighted by atomic mass is 16.5. The summed E-state index contributed by atoms with van der Waals surface area (Å²) < 4.78 is 7.08. The molecule has 1 aromatic heterocycles. The Balaban J connectivity index is 1.71. The lowest BCUT2D eigenvalue weighted by Gasteiger charge is -2.16. The molecule has 0 fully saturated rings. The van der Waals surface area contributed by atoms with Crippen LogP contribution in [0.2, 0.25) is 0 Å². The van der Waals surface area contributed by atoms with E-state index in [0.717, 1.165) is 5.56 Å². The first-order valence-electron chi connectivity index (χ1n) is 8.44. The maximum atomic E-state index is 12.5. The lowest BCUT2D eigenvalue weighted by atomic mass is 10.0. The summed E-state index contributed by atoms with van der Waals surface area (Å²) in [5.41, 5.74) is 10.6. The van der Waals surface area contributed by atoms with Crippen molar-refractivity contribution in [3.8, 4) is 11.3 Å². The van der Waals surface area contributed by atoms with E-state index in [1.807, 2.05) is 30.3 Å². The van der Waals surface area contributed by atoms with Gasteiger partial charge in [-0.2, -0.15) is 0 Å². The number of carbonyl (C=O) groups is 2. The number of carbonyl (C=O) groups excluding carboxylic acids is 2. The van der Waals surface area contributed by atoms with E-state index in [1.165, 1.54) is 11.0 Å². The topological polar surface area (TPSA) is 99.2 Å². The number of aromatic nitrogens is 2. The minimum atomic E-state index is -0.674. The molecule has 3 rings (SSSR count). The van der Waals surface area contributed by atoms with Gasteiger partial charge in [0.1, 0.15) is 12.4 Å². The first-order chi connectivity index (χ1) is 13.1. The van der Waals surface area contributed by atoms with Crippen LogP contribution in [-0.4, -0.2) is 27.6 Å². The fraction of sp³-hybridized carbons (Fsp3) is 0.150. The van der Waals surface area contributed by atoms with E-state index in [-0.39, 0.29) is 5.91 Å². The van der Waals surface area contributed by atoms with Crippen molar-refractivity contribution >= 4 is 11.8 Å². The van der Waals surface area contributed by atoms with Crippen LogP contribution in [0.1, 0.15) is 22.8 Å². The number of nitrogens with one attached hydrogen (secondary N) is 1. The number of nitrogens with two attached hydrogens (primary N) is 1. The van der Waals surface area contributed by atoms with Crippen LogP contribution in [0.4, 0.5) is 0 Å². The molecule has 2 amide bonds. The summed E-state index contributed by atoms with van der Waals surface area (Å²) in [6.45, 7) is 2.00. The number of hydrogen-bond acceptors (Lipinski definition) is 4. The summed E-state index contributed by atoms with van der Waals surface area (Å²) in [4.78, 5) is 28.2. The largest absolute Gasteiger partial charge is 0.366 e. The summed E-state index contributed by atoms with van der Waals surface area (Å²) in [5, 5.41) is 0. The fourth-order valence-electron chi connectivity index (χ4n) is 2.59. The molecule has 0 spiro atoms. The van der Waals surface area contributed by atoms with E-state index >= 15 is 0 Å². The third-order valence-corrected chi connectivity index (χ3v) is 4.05. The van der Waals surface area contributed by atoms with E-state index in [9.17, 15) is 9.59 Å². The van der Waals surface area contributed by atoms with Crippen LogP contribution in [0.15, 0.2) is 67.1 Å². The molecule has 27 heavy (non-hydrogen) atoms. The second kappa shape index (κ2) is 8.29. The first kappa shape index (κ1) is 18.3. The summed E-state index contributed by atoms with van der Waals surface area (Å²) in [5.74, 6) is -0.883. The molecule has 0 aliphatic carbocycles. The number of imidazole rings is 1. The lowest BCUT2D eigenvalue weighted by molar-refractivity contribution is -0.128. The Labute approximate surface area is 156 Å². The molecule has 7 nitrogen and oxygen atoms in total. The van der Waals surface area contributed by atoms with Crippen LogP contribution < -0.4 is 11.2 Å².